The Morgan fingerprint density at radius 2 is 1.73 bits per heavy atom. The summed E-state index contributed by atoms with van der Waals surface area (Å²) in [5, 5.41) is 0. The SMILES string of the molecule is CCOC(=O)C1CCN(C(=O)[C@@H]2CCc3sc(C(=O)N4CCCCC4)cc3C2)CC1. The number of esters is 1. The first-order chi connectivity index (χ1) is 14.6. The van der Waals surface area contributed by atoms with Crippen molar-refractivity contribution in [1.82, 2.24) is 9.80 Å². The Bertz CT molecular complexity index is 791. The monoisotopic (exact) mass is 432 g/mol. The Morgan fingerprint density at radius 1 is 1.00 bits per heavy atom. The topological polar surface area (TPSA) is 66.9 Å². The van der Waals surface area contributed by atoms with E-state index in [-0.39, 0.29) is 29.6 Å². The number of carbonyl (C=O) groups is 3. The number of aryl methyl sites for hydroxylation is 1. The molecule has 0 saturated carbocycles. The Kier molecular flexibility index (Phi) is 6.76. The molecule has 0 bridgehead atoms. The van der Waals surface area contributed by atoms with Gasteiger partial charge in [0.1, 0.15) is 0 Å². The fraction of sp³-hybridized carbons (Fsp3) is 0.696. The number of nitrogens with zero attached hydrogens (tertiary/aromatic N) is 2. The van der Waals surface area contributed by atoms with E-state index in [1.165, 1.54) is 16.9 Å². The fourth-order valence-electron chi connectivity index (χ4n) is 4.95. The first-order valence-corrected chi connectivity index (χ1v) is 12.2. The van der Waals surface area contributed by atoms with Gasteiger partial charge in [0.05, 0.1) is 17.4 Å². The molecular weight excluding hydrogens is 400 g/mol. The van der Waals surface area contributed by atoms with Crippen LogP contribution in [0.2, 0.25) is 0 Å². The highest BCUT2D eigenvalue weighted by Crippen LogP contribution is 2.34. The Hall–Kier alpha value is -1.89. The van der Waals surface area contributed by atoms with E-state index < -0.39 is 0 Å². The second-order valence-electron chi connectivity index (χ2n) is 8.70. The summed E-state index contributed by atoms with van der Waals surface area (Å²) in [6.07, 6.45) is 7.25. The van der Waals surface area contributed by atoms with Crippen molar-refractivity contribution < 1.29 is 19.1 Å². The highest BCUT2D eigenvalue weighted by Gasteiger charge is 2.34. The van der Waals surface area contributed by atoms with Gasteiger partial charge in [0, 0.05) is 37.0 Å². The molecule has 1 atom stereocenters. The van der Waals surface area contributed by atoms with Gasteiger partial charge in [-0.25, -0.2) is 0 Å². The maximum Gasteiger partial charge on any atom is 0.309 e. The van der Waals surface area contributed by atoms with Crippen molar-refractivity contribution in [1.29, 1.82) is 0 Å². The van der Waals surface area contributed by atoms with Gasteiger partial charge in [0.2, 0.25) is 5.91 Å². The zero-order valence-corrected chi connectivity index (χ0v) is 18.7. The molecule has 1 aromatic heterocycles. The first-order valence-electron chi connectivity index (χ1n) is 11.4. The normalized spacial score (nSPS) is 22.5. The molecule has 4 rings (SSSR count). The number of piperidine rings is 2. The van der Waals surface area contributed by atoms with Crippen LogP contribution in [0.15, 0.2) is 6.07 Å². The molecule has 2 saturated heterocycles. The van der Waals surface area contributed by atoms with Crippen LogP contribution in [-0.2, 0) is 27.2 Å². The first kappa shape index (κ1) is 21.3. The number of thiophene rings is 1. The van der Waals surface area contributed by atoms with Gasteiger partial charge in [0.25, 0.3) is 5.91 Å². The largest absolute Gasteiger partial charge is 0.466 e. The lowest BCUT2D eigenvalue weighted by molar-refractivity contribution is -0.151. The molecule has 2 amide bonds. The number of ether oxygens (including phenoxy) is 1. The minimum atomic E-state index is -0.129. The number of likely N-dealkylation sites (tertiary alicyclic amines) is 2. The number of fused-ring (bicyclic) bond motifs is 1. The van der Waals surface area contributed by atoms with Gasteiger partial charge < -0.3 is 14.5 Å². The molecule has 0 spiro atoms. The molecular formula is C23H32N2O4S. The second-order valence-corrected chi connectivity index (χ2v) is 9.84. The van der Waals surface area contributed by atoms with Crippen molar-refractivity contribution >= 4 is 29.1 Å². The number of amides is 2. The van der Waals surface area contributed by atoms with E-state index in [9.17, 15) is 14.4 Å². The zero-order valence-electron chi connectivity index (χ0n) is 17.9. The summed E-state index contributed by atoms with van der Waals surface area (Å²) in [5.74, 6) is 0.156. The van der Waals surface area contributed by atoms with Crippen molar-refractivity contribution in [3.8, 4) is 0 Å². The smallest absolute Gasteiger partial charge is 0.309 e. The second kappa shape index (κ2) is 9.50. The predicted molar refractivity (Wildman–Crippen MR) is 116 cm³/mol. The van der Waals surface area contributed by atoms with Crippen LogP contribution in [0.3, 0.4) is 0 Å². The average molecular weight is 433 g/mol. The van der Waals surface area contributed by atoms with Gasteiger partial charge in [-0.2, -0.15) is 0 Å². The van der Waals surface area contributed by atoms with E-state index >= 15 is 0 Å². The van der Waals surface area contributed by atoms with Crippen LogP contribution < -0.4 is 0 Å². The van der Waals surface area contributed by atoms with Crippen LogP contribution in [0.25, 0.3) is 0 Å². The Balaban J connectivity index is 1.34. The summed E-state index contributed by atoms with van der Waals surface area (Å²) in [4.78, 5) is 43.9. The minimum Gasteiger partial charge on any atom is -0.466 e. The van der Waals surface area contributed by atoms with Crippen molar-refractivity contribution in [2.45, 2.75) is 58.3 Å². The molecule has 6 nitrogen and oxygen atoms in total. The number of carbonyl (C=O) groups excluding carboxylic acids is 3. The maximum atomic E-state index is 13.1. The molecule has 30 heavy (non-hydrogen) atoms. The molecule has 0 unspecified atom stereocenters. The Morgan fingerprint density at radius 3 is 2.43 bits per heavy atom. The van der Waals surface area contributed by atoms with E-state index in [1.54, 1.807) is 11.3 Å². The third-order valence-corrected chi connectivity index (χ3v) is 7.94. The third kappa shape index (κ3) is 4.56. The summed E-state index contributed by atoms with van der Waals surface area (Å²) in [5.41, 5.74) is 1.19. The average Bonchev–Trinajstić information content (AvgIpc) is 3.22. The van der Waals surface area contributed by atoms with Crippen LogP contribution in [-0.4, -0.2) is 60.4 Å². The quantitative estimate of drug-likeness (QED) is 0.685. The number of hydrogen-bond donors (Lipinski definition) is 0. The van der Waals surface area contributed by atoms with E-state index in [0.717, 1.165) is 50.1 Å². The maximum absolute atomic E-state index is 13.1. The highest BCUT2D eigenvalue weighted by atomic mass is 32.1. The third-order valence-electron chi connectivity index (χ3n) is 6.71. The lowest BCUT2D eigenvalue weighted by atomic mass is 9.86. The van der Waals surface area contributed by atoms with Crippen LogP contribution in [0, 0.1) is 11.8 Å². The van der Waals surface area contributed by atoms with Gasteiger partial charge >= 0.3 is 5.97 Å². The zero-order chi connectivity index (χ0) is 21.1. The molecule has 7 heteroatoms. The molecule has 0 N–H and O–H groups in total. The summed E-state index contributed by atoms with van der Waals surface area (Å²) in [6, 6.07) is 2.05. The lowest BCUT2D eigenvalue weighted by Gasteiger charge is -2.34. The number of rotatable bonds is 4. The molecule has 2 fully saturated rings. The fourth-order valence-corrected chi connectivity index (χ4v) is 6.12. The van der Waals surface area contributed by atoms with Gasteiger partial charge in [-0.3, -0.25) is 14.4 Å². The van der Waals surface area contributed by atoms with E-state index in [4.69, 9.17) is 4.74 Å². The minimum absolute atomic E-state index is 0.0100. The molecule has 1 aliphatic carbocycles. The van der Waals surface area contributed by atoms with Gasteiger partial charge in [-0.05, 0) is 69.9 Å². The van der Waals surface area contributed by atoms with Crippen molar-refractivity contribution in [2.24, 2.45) is 11.8 Å². The standard InChI is InChI=1S/C23H32N2O4S/c1-2-29-23(28)16-8-12-25(13-9-16)21(26)17-6-7-19-18(14-17)15-20(30-19)22(27)24-10-4-3-5-11-24/h15-17H,2-14H2,1H3/t17-/m1/s1. The lowest BCUT2D eigenvalue weighted by Crippen LogP contribution is -2.44. The molecule has 2 aliphatic heterocycles. The molecule has 1 aromatic rings. The van der Waals surface area contributed by atoms with Crippen LogP contribution in [0.5, 0.6) is 0 Å². The van der Waals surface area contributed by atoms with Crippen LogP contribution in [0.4, 0.5) is 0 Å². The molecule has 3 heterocycles. The highest BCUT2D eigenvalue weighted by molar-refractivity contribution is 7.14. The molecule has 164 valence electrons. The van der Waals surface area contributed by atoms with Crippen molar-refractivity contribution in [3.05, 3.63) is 21.4 Å². The van der Waals surface area contributed by atoms with E-state index in [2.05, 4.69) is 0 Å². The van der Waals surface area contributed by atoms with E-state index in [1.807, 2.05) is 22.8 Å². The van der Waals surface area contributed by atoms with Gasteiger partial charge in [-0.1, -0.05) is 0 Å². The van der Waals surface area contributed by atoms with Crippen molar-refractivity contribution in [2.75, 3.05) is 32.8 Å². The summed E-state index contributed by atoms with van der Waals surface area (Å²) >= 11 is 1.63. The van der Waals surface area contributed by atoms with Crippen LogP contribution in [0.1, 0.15) is 65.6 Å². The summed E-state index contributed by atoms with van der Waals surface area (Å²) in [7, 11) is 0. The predicted octanol–water partition coefficient (Wildman–Crippen LogP) is 3.28. The van der Waals surface area contributed by atoms with Gasteiger partial charge in [0.15, 0.2) is 0 Å². The molecule has 0 aromatic carbocycles. The van der Waals surface area contributed by atoms with Crippen molar-refractivity contribution in [3.63, 3.8) is 0 Å². The van der Waals surface area contributed by atoms with Gasteiger partial charge in [-0.15, -0.1) is 11.3 Å². The molecule has 0 radical (unpaired) electrons. The summed E-state index contributed by atoms with van der Waals surface area (Å²) in [6.45, 7) is 5.23. The van der Waals surface area contributed by atoms with E-state index in [0.29, 0.717) is 32.5 Å². The Labute approximate surface area is 182 Å². The summed E-state index contributed by atoms with van der Waals surface area (Å²) < 4.78 is 5.13. The molecule has 3 aliphatic rings. The van der Waals surface area contributed by atoms with Crippen LogP contribution >= 0.6 is 11.3 Å². The number of hydrogen-bond acceptors (Lipinski definition) is 5.